The summed E-state index contributed by atoms with van der Waals surface area (Å²) in [6.45, 7) is 4.86. The molecule has 1 rings (SSSR count). The molecule has 0 bridgehead atoms. The van der Waals surface area contributed by atoms with Crippen LogP contribution in [0.15, 0.2) is 28.2 Å². The number of halogens is 2. The van der Waals surface area contributed by atoms with Crippen molar-refractivity contribution in [2.24, 2.45) is 0 Å². The van der Waals surface area contributed by atoms with Crippen LogP contribution in [-0.2, 0) is 6.54 Å². The molecule has 0 aliphatic heterocycles. The van der Waals surface area contributed by atoms with E-state index in [9.17, 15) is 0 Å². The van der Waals surface area contributed by atoms with E-state index in [0.29, 0.717) is 18.1 Å². The molecule has 0 saturated carbocycles. The summed E-state index contributed by atoms with van der Waals surface area (Å²) >= 11 is 7.69. The average Bonchev–Trinajstić information content (AvgIpc) is 2.35. The normalized spacial score (nSPS) is 10.2. The van der Waals surface area contributed by atoms with Gasteiger partial charge in [-0.3, -0.25) is 0 Å². The standard InChI is InChI=1S/C8H9ClINO/c1-6(9)4-11-5-7-2-3-8(10)12-7/h2-3,11H,1,4-5H2. The number of nitrogens with one attached hydrogen (secondary N) is 1. The van der Waals surface area contributed by atoms with Gasteiger partial charge in [-0.15, -0.1) is 0 Å². The minimum absolute atomic E-state index is 0.608. The number of furan rings is 1. The molecular weight excluding hydrogens is 288 g/mol. The fraction of sp³-hybridized carbons (Fsp3) is 0.250. The van der Waals surface area contributed by atoms with Crippen molar-refractivity contribution in [1.82, 2.24) is 5.32 Å². The van der Waals surface area contributed by atoms with Crippen LogP contribution in [0.4, 0.5) is 0 Å². The lowest BCUT2D eigenvalue weighted by Crippen LogP contribution is -2.13. The van der Waals surface area contributed by atoms with Gasteiger partial charge in [0.2, 0.25) is 0 Å². The van der Waals surface area contributed by atoms with Crippen LogP contribution in [0.25, 0.3) is 0 Å². The van der Waals surface area contributed by atoms with E-state index < -0.39 is 0 Å². The Morgan fingerprint density at radius 3 is 2.92 bits per heavy atom. The molecular formula is C8H9ClINO. The first-order valence-corrected chi connectivity index (χ1v) is 4.92. The van der Waals surface area contributed by atoms with Gasteiger partial charge in [0.1, 0.15) is 5.76 Å². The van der Waals surface area contributed by atoms with Crippen molar-refractivity contribution in [3.63, 3.8) is 0 Å². The summed E-state index contributed by atoms with van der Waals surface area (Å²) in [4.78, 5) is 0. The van der Waals surface area contributed by atoms with E-state index in [0.717, 1.165) is 9.53 Å². The van der Waals surface area contributed by atoms with Crippen LogP contribution < -0.4 is 5.32 Å². The summed E-state index contributed by atoms with van der Waals surface area (Å²) in [7, 11) is 0. The van der Waals surface area contributed by atoms with E-state index >= 15 is 0 Å². The Morgan fingerprint density at radius 1 is 1.67 bits per heavy atom. The molecule has 1 heterocycles. The quantitative estimate of drug-likeness (QED) is 0.865. The van der Waals surface area contributed by atoms with Crippen LogP contribution in [0.2, 0.25) is 0 Å². The Labute approximate surface area is 90.1 Å². The summed E-state index contributed by atoms with van der Waals surface area (Å²) in [5.74, 6) is 0.914. The summed E-state index contributed by atoms with van der Waals surface area (Å²) in [6.07, 6.45) is 0. The van der Waals surface area contributed by atoms with Crippen molar-refractivity contribution >= 4 is 34.2 Å². The molecule has 1 aromatic rings. The first-order chi connectivity index (χ1) is 5.68. The molecule has 0 saturated heterocycles. The third-order valence-corrected chi connectivity index (χ3v) is 1.96. The van der Waals surface area contributed by atoms with Gasteiger partial charge >= 0.3 is 0 Å². The second kappa shape index (κ2) is 4.89. The first kappa shape index (κ1) is 10.1. The van der Waals surface area contributed by atoms with Crippen molar-refractivity contribution < 1.29 is 4.42 Å². The first-order valence-electron chi connectivity index (χ1n) is 3.46. The lowest BCUT2D eigenvalue weighted by Gasteiger charge is -1.98. The van der Waals surface area contributed by atoms with Crippen LogP contribution in [-0.4, -0.2) is 6.54 Å². The van der Waals surface area contributed by atoms with E-state index in [-0.39, 0.29) is 0 Å². The van der Waals surface area contributed by atoms with Gasteiger partial charge in [0, 0.05) is 11.6 Å². The minimum atomic E-state index is 0.608. The Balaban J connectivity index is 2.29. The monoisotopic (exact) mass is 297 g/mol. The van der Waals surface area contributed by atoms with E-state index in [1.807, 2.05) is 12.1 Å². The minimum Gasteiger partial charge on any atom is -0.454 e. The maximum absolute atomic E-state index is 5.56. The molecule has 0 amide bonds. The summed E-state index contributed by atoms with van der Waals surface area (Å²) in [5, 5.41) is 3.69. The van der Waals surface area contributed by atoms with Gasteiger partial charge in [-0.2, -0.15) is 0 Å². The summed E-state index contributed by atoms with van der Waals surface area (Å²) in [6, 6.07) is 3.86. The SMILES string of the molecule is C=C(Cl)CNCc1ccc(I)o1. The third kappa shape index (κ3) is 3.60. The maximum Gasteiger partial charge on any atom is 0.164 e. The zero-order chi connectivity index (χ0) is 8.97. The zero-order valence-corrected chi connectivity index (χ0v) is 9.35. The van der Waals surface area contributed by atoms with Crippen molar-refractivity contribution in [2.45, 2.75) is 6.54 Å². The van der Waals surface area contributed by atoms with Crippen molar-refractivity contribution in [3.05, 3.63) is 33.3 Å². The van der Waals surface area contributed by atoms with Gasteiger partial charge in [0.25, 0.3) is 0 Å². The summed E-state index contributed by atoms with van der Waals surface area (Å²) < 4.78 is 6.21. The molecule has 0 radical (unpaired) electrons. The molecule has 0 aromatic carbocycles. The smallest absolute Gasteiger partial charge is 0.164 e. The Bertz CT molecular complexity index is 272. The lowest BCUT2D eigenvalue weighted by atomic mass is 10.4. The van der Waals surface area contributed by atoms with Crippen LogP contribution >= 0.6 is 34.2 Å². The van der Waals surface area contributed by atoms with Gasteiger partial charge in [-0.1, -0.05) is 18.2 Å². The topological polar surface area (TPSA) is 25.2 Å². The number of rotatable bonds is 4. The molecule has 0 spiro atoms. The molecule has 0 atom stereocenters. The van der Waals surface area contributed by atoms with E-state index in [4.69, 9.17) is 16.0 Å². The largest absolute Gasteiger partial charge is 0.454 e. The molecule has 0 aliphatic carbocycles. The molecule has 4 heteroatoms. The highest BCUT2D eigenvalue weighted by Gasteiger charge is 1.97. The van der Waals surface area contributed by atoms with Crippen LogP contribution in [0.1, 0.15) is 5.76 Å². The highest BCUT2D eigenvalue weighted by atomic mass is 127. The molecule has 66 valence electrons. The van der Waals surface area contributed by atoms with Crippen LogP contribution in [0, 0.1) is 3.77 Å². The molecule has 1 N–H and O–H groups in total. The van der Waals surface area contributed by atoms with Gasteiger partial charge in [-0.05, 0) is 34.7 Å². The second-order valence-electron chi connectivity index (χ2n) is 2.33. The Hall–Kier alpha value is -0.0000000000000000555. The molecule has 0 aliphatic rings. The Kier molecular flexibility index (Phi) is 4.11. The van der Waals surface area contributed by atoms with Crippen LogP contribution in [0.5, 0.6) is 0 Å². The third-order valence-electron chi connectivity index (χ3n) is 1.24. The second-order valence-corrected chi connectivity index (χ2v) is 3.92. The predicted octanol–water partition coefficient (Wildman–Crippen LogP) is 2.73. The Morgan fingerprint density at radius 2 is 2.42 bits per heavy atom. The molecule has 0 fully saturated rings. The van der Waals surface area contributed by atoms with Crippen molar-refractivity contribution in [2.75, 3.05) is 6.54 Å². The van der Waals surface area contributed by atoms with Crippen molar-refractivity contribution in [3.8, 4) is 0 Å². The van der Waals surface area contributed by atoms with E-state index in [1.165, 1.54) is 0 Å². The van der Waals surface area contributed by atoms with Gasteiger partial charge < -0.3 is 9.73 Å². The molecule has 12 heavy (non-hydrogen) atoms. The fourth-order valence-electron chi connectivity index (χ4n) is 0.768. The molecule has 1 aromatic heterocycles. The van der Waals surface area contributed by atoms with Gasteiger partial charge in [-0.25, -0.2) is 0 Å². The predicted molar refractivity (Wildman–Crippen MR) is 58.1 cm³/mol. The molecule has 0 unspecified atom stereocenters. The highest BCUT2D eigenvalue weighted by Crippen LogP contribution is 2.09. The maximum atomic E-state index is 5.56. The zero-order valence-electron chi connectivity index (χ0n) is 6.44. The fourth-order valence-corrected chi connectivity index (χ4v) is 1.33. The van der Waals surface area contributed by atoms with Gasteiger partial charge in [0.15, 0.2) is 3.77 Å². The van der Waals surface area contributed by atoms with Crippen molar-refractivity contribution in [1.29, 1.82) is 0 Å². The number of hydrogen-bond donors (Lipinski definition) is 1. The van der Waals surface area contributed by atoms with Crippen LogP contribution in [0.3, 0.4) is 0 Å². The highest BCUT2D eigenvalue weighted by molar-refractivity contribution is 14.1. The summed E-state index contributed by atoms with van der Waals surface area (Å²) in [5.41, 5.74) is 0. The number of hydrogen-bond acceptors (Lipinski definition) is 2. The van der Waals surface area contributed by atoms with E-state index in [1.54, 1.807) is 0 Å². The lowest BCUT2D eigenvalue weighted by molar-refractivity contribution is 0.469. The molecule has 2 nitrogen and oxygen atoms in total. The van der Waals surface area contributed by atoms with Gasteiger partial charge in [0.05, 0.1) is 6.54 Å². The average molecular weight is 298 g/mol. The van der Waals surface area contributed by atoms with E-state index in [2.05, 4.69) is 34.5 Å².